The number of imidazole rings is 1. The maximum atomic E-state index is 12.4. The topological polar surface area (TPSA) is 67.7 Å². The molecule has 0 saturated carbocycles. The smallest absolute Gasteiger partial charge is 0.281 e. The van der Waals surface area contributed by atoms with Gasteiger partial charge >= 0.3 is 0 Å². The molecular formula is C12H22N4O3S. The van der Waals surface area contributed by atoms with Gasteiger partial charge < -0.3 is 9.30 Å². The minimum atomic E-state index is -3.43. The Labute approximate surface area is 120 Å². The summed E-state index contributed by atoms with van der Waals surface area (Å²) in [5, 5.41) is 0. The van der Waals surface area contributed by atoms with Crippen molar-refractivity contribution in [3.63, 3.8) is 0 Å². The van der Waals surface area contributed by atoms with E-state index < -0.39 is 10.2 Å². The van der Waals surface area contributed by atoms with Crippen LogP contribution in [0.2, 0.25) is 0 Å². The van der Waals surface area contributed by atoms with Crippen molar-refractivity contribution in [2.24, 2.45) is 5.92 Å². The van der Waals surface area contributed by atoms with Gasteiger partial charge in [0.15, 0.2) is 0 Å². The van der Waals surface area contributed by atoms with E-state index >= 15 is 0 Å². The number of aromatic nitrogens is 2. The number of rotatable bonds is 5. The van der Waals surface area contributed by atoms with Crippen molar-refractivity contribution in [3.8, 4) is 0 Å². The van der Waals surface area contributed by atoms with Crippen LogP contribution in [0.3, 0.4) is 0 Å². The summed E-state index contributed by atoms with van der Waals surface area (Å²) >= 11 is 0. The second kappa shape index (κ2) is 6.21. The largest absolute Gasteiger partial charge is 0.381 e. The quantitative estimate of drug-likeness (QED) is 0.777. The van der Waals surface area contributed by atoms with Crippen LogP contribution in [0.1, 0.15) is 12.6 Å². The zero-order valence-electron chi connectivity index (χ0n) is 12.2. The lowest BCUT2D eigenvalue weighted by atomic mass is 10.1. The van der Waals surface area contributed by atoms with Gasteiger partial charge in [0, 0.05) is 45.9 Å². The van der Waals surface area contributed by atoms with Gasteiger partial charge in [-0.25, -0.2) is 4.98 Å². The van der Waals surface area contributed by atoms with Crippen molar-refractivity contribution in [1.29, 1.82) is 0 Å². The molecule has 8 heteroatoms. The highest BCUT2D eigenvalue weighted by atomic mass is 32.2. The van der Waals surface area contributed by atoms with Crippen molar-refractivity contribution in [1.82, 2.24) is 18.2 Å². The first-order valence-electron chi connectivity index (χ1n) is 6.69. The molecule has 1 aromatic rings. The number of hydrogen-bond acceptors (Lipinski definition) is 4. The van der Waals surface area contributed by atoms with Crippen molar-refractivity contribution in [2.75, 3.05) is 33.9 Å². The molecule has 2 heterocycles. The second-order valence-corrected chi connectivity index (χ2v) is 7.29. The molecule has 0 aromatic carbocycles. The Kier molecular flexibility index (Phi) is 4.79. The van der Waals surface area contributed by atoms with Gasteiger partial charge in [-0.3, -0.25) is 0 Å². The van der Waals surface area contributed by atoms with Crippen LogP contribution in [-0.2, 0) is 28.0 Å². The second-order valence-electron chi connectivity index (χ2n) is 5.15. The fourth-order valence-electron chi connectivity index (χ4n) is 2.31. The van der Waals surface area contributed by atoms with E-state index in [0.29, 0.717) is 26.3 Å². The Morgan fingerprint density at radius 1 is 1.45 bits per heavy atom. The molecule has 114 valence electrons. The summed E-state index contributed by atoms with van der Waals surface area (Å²) < 4.78 is 35.0. The summed E-state index contributed by atoms with van der Waals surface area (Å²) in [6.45, 7) is 4.66. The lowest BCUT2D eigenvalue weighted by molar-refractivity contribution is 0.0972. The molecular weight excluding hydrogens is 280 g/mol. The highest BCUT2D eigenvalue weighted by Crippen LogP contribution is 2.20. The molecule has 20 heavy (non-hydrogen) atoms. The van der Waals surface area contributed by atoms with Gasteiger partial charge in [-0.1, -0.05) is 0 Å². The van der Waals surface area contributed by atoms with Gasteiger partial charge in [-0.15, -0.1) is 0 Å². The Morgan fingerprint density at radius 3 is 2.85 bits per heavy atom. The van der Waals surface area contributed by atoms with Gasteiger partial charge in [0.2, 0.25) is 0 Å². The monoisotopic (exact) mass is 302 g/mol. The first kappa shape index (κ1) is 15.4. The van der Waals surface area contributed by atoms with Crippen molar-refractivity contribution < 1.29 is 13.2 Å². The van der Waals surface area contributed by atoms with Crippen LogP contribution in [0.5, 0.6) is 0 Å². The molecule has 0 unspecified atom stereocenters. The fourth-order valence-corrected chi connectivity index (χ4v) is 3.47. The molecule has 1 atom stereocenters. The molecule has 1 aromatic heterocycles. The molecule has 0 aliphatic carbocycles. The summed E-state index contributed by atoms with van der Waals surface area (Å²) in [5.41, 5.74) is 0.912. The minimum Gasteiger partial charge on any atom is -0.381 e. The molecule has 1 aliphatic heterocycles. The zero-order valence-corrected chi connectivity index (χ0v) is 13.0. The zero-order chi connectivity index (χ0) is 14.8. The van der Waals surface area contributed by atoms with Crippen LogP contribution in [0.4, 0.5) is 0 Å². The molecule has 0 amide bonds. The molecule has 0 spiro atoms. The third-order valence-electron chi connectivity index (χ3n) is 3.40. The first-order chi connectivity index (χ1) is 9.45. The van der Waals surface area contributed by atoms with E-state index in [1.807, 2.05) is 11.5 Å². The van der Waals surface area contributed by atoms with E-state index in [1.54, 1.807) is 26.6 Å². The van der Waals surface area contributed by atoms with Gasteiger partial charge in [-0.05, 0) is 6.92 Å². The third kappa shape index (κ3) is 3.20. The number of ether oxygens (including phenoxy) is 1. The average molecular weight is 302 g/mol. The van der Waals surface area contributed by atoms with Crippen LogP contribution in [0.25, 0.3) is 0 Å². The van der Waals surface area contributed by atoms with E-state index in [0.717, 1.165) is 12.2 Å². The summed E-state index contributed by atoms with van der Waals surface area (Å²) in [7, 11) is -0.331. The number of fused-ring (bicyclic) bond motifs is 1. The fraction of sp³-hybridized carbons (Fsp3) is 0.750. The van der Waals surface area contributed by atoms with E-state index in [2.05, 4.69) is 4.98 Å². The Bertz CT molecular complexity index is 541. The number of hydrogen-bond donors (Lipinski definition) is 0. The molecule has 2 rings (SSSR count). The van der Waals surface area contributed by atoms with Crippen LogP contribution in [0, 0.1) is 5.92 Å². The molecule has 0 saturated heterocycles. The van der Waals surface area contributed by atoms with E-state index in [9.17, 15) is 8.42 Å². The Morgan fingerprint density at radius 2 is 2.20 bits per heavy atom. The maximum absolute atomic E-state index is 12.4. The summed E-state index contributed by atoms with van der Waals surface area (Å²) in [6, 6.07) is 0. The van der Waals surface area contributed by atoms with Crippen molar-refractivity contribution >= 4 is 10.2 Å². The summed E-state index contributed by atoms with van der Waals surface area (Å²) in [6.07, 6.45) is 3.47. The van der Waals surface area contributed by atoms with Crippen LogP contribution in [0.15, 0.2) is 12.5 Å². The molecule has 7 nitrogen and oxygen atoms in total. The third-order valence-corrected chi connectivity index (χ3v) is 5.25. The Balaban J connectivity index is 2.25. The van der Waals surface area contributed by atoms with Gasteiger partial charge in [-0.2, -0.15) is 17.0 Å². The van der Waals surface area contributed by atoms with Crippen LogP contribution >= 0.6 is 0 Å². The first-order valence-corrected chi connectivity index (χ1v) is 8.09. The predicted octanol–water partition coefficient (Wildman–Crippen LogP) is 0.158. The molecule has 1 aliphatic rings. The summed E-state index contributed by atoms with van der Waals surface area (Å²) in [4.78, 5) is 4.11. The van der Waals surface area contributed by atoms with Gasteiger partial charge in [0.05, 0.1) is 25.2 Å². The van der Waals surface area contributed by atoms with Crippen LogP contribution < -0.4 is 0 Å². The van der Waals surface area contributed by atoms with E-state index in [-0.39, 0.29) is 5.92 Å². The minimum absolute atomic E-state index is 0.125. The molecule has 0 N–H and O–H groups in total. The van der Waals surface area contributed by atoms with Gasteiger partial charge in [0.1, 0.15) is 0 Å². The SMILES string of the molecule is CCOC[C@H]1CN(S(=O)(=O)N(C)C)Cc2cncn2C1. The maximum Gasteiger partial charge on any atom is 0.281 e. The van der Waals surface area contributed by atoms with Gasteiger partial charge in [0.25, 0.3) is 10.2 Å². The lowest BCUT2D eigenvalue weighted by Crippen LogP contribution is -2.42. The number of nitrogens with zero attached hydrogens (tertiary/aromatic N) is 4. The molecule has 0 radical (unpaired) electrons. The standard InChI is InChI=1S/C12H22N4O3S/c1-4-19-9-11-6-15-10-13-5-12(15)8-16(7-11)20(17,18)14(2)3/h5,10-11H,4,6-9H2,1-3H3/t11-/m1/s1. The van der Waals surface area contributed by atoms with Crippen molar-refractivity contribution in [3.05, 3.63) is 18.2 Å². The average Bonchev–Trinajstić information content (AvgIpc) is 2.74. The molecule has 0 fully saturated rings. The van der Waals surface area contributed by atoms with Crippen molar-refractivity contribution in [2.45, 2.75) is 20.0 Å². The van der Waals surface area contributed by atoms with Crippen LogP contribution in [-0.4, -0.2) is 60.4 Å². The van der Waals surface area contributed by atoms with E-state index in [4.69, 9.17) is 4.74 Å². The highest BCUT2D eigenvalue weighted by molar-refractivity contribution is 7.86. The van der Waals surface area contributed by atoms with E-state index in [1.165, 1.54) is 8.61 Å². The normalized spacial score (nSPS) is 20.9. The molecule has 0 bridgehead atoms. The predicted molar refractivity (Wildman–Crippen MR) is 75.2 cm³/mol. The summed E-state index contributed by atoms with van der Waals surface area (Å²) in [5.74, 6) is 0.125. The lowest BCUT2D eigenvalue weighted by Gasteiger charge is -2.26. The Hall–Kier alpha value is -0.960. The highest BCUT2D eigenvalue weighted by Gasteiger charge is 2.31.